The molecule has 1 rings (SSSR count). The third-order valence-electron chi connectivity index (χ3n) is 4.71. The van der Waals surface area contributed by atoms with Crippen molar-refractivity contribution >= 4 is 12.6 Å². The summed E-state index contributed by atoms with van der Waals surface area (Å²) >= 11 is 0. The first-order valence-corrected chi connectivity index (χ1v) is 8.48. The van der Waals surface area contributed by atoms with Crippen LogP contribution in [0.1, 0.15) is 53.4 Å². The van der Waals surface area contributed by atoms with Gasteiger partial charge >= 0.3 is 0 Å². The van der Waals surface area contributed by atoms with Crippen molar-refractivity contribution in [3.8, 4) is 0 Å². The van der Waals surface area contributed by atoms with Gasteiger partial charge in [0.05, 0.1) is 6.10 Å². The predicted molar refractivity (Wildman–Crippen MR) is 94.0 cm³/mol. The van der Waals surface area contributed by atoms with E-state index in [4.69, 9.17) is 0 Å². The number of rotatable bonds is 6. The van der Waals surface area contributed by atoms with Crippen LogP contribution in [0.5, 0.6) is 0 Å². The summed E-state index contributed by atoms with van der Waals surface area (Å²) in [6.45, 7) is 8.19. The quantitative estimate of drug-likeness (QED) is 0.594. The van der Waals surface area contributed by atoms with Crippen molar-refractivity contribution in [3.63, 3.8) is 0 Å². The molecule has 0 aromatic rings. The van der Waals surface area contributed by atoms with Gasteiger partial charge < -0.3 is 9.90 Å². The van der Waals surface area contributed by atoms with E-state index in [9.17, 15) is 14.7 Å². The van der Waals surface area contributed by atoms with Gasteiger partial charge in [0.15, 0.2) is 0 Å². The van der Waals surface area contributed by atoms with Gasteiger partial charge in [-0.1, -0.05) is 36.3 Å². The first kappa shape index (κ1) is 19.6. The standard InChI is InChI=1S/C20H30O3/c1-14(2)7-5-9-16(4)20-18(13-22)17(12-21)10-6-8-15(3)11-19(20)23/h7-8,10,12-13,16,18-20,23H,5-6,9,11H2,1-4H3. The summed E-state index contributed by atoms with van der Waals surface area (Å²) < 4.78 is 0. The zero-order valence-corrected chi connectivity index (χ0v) is 14.8. The molecule has 3 heteroatoms. The molecule has 0 radical (unpaired) electrons. The van der Waals surface area contributed by atoms with Crippen molar-refractivity contribution in [2.75, 3.05) is 0 Å². The number of carbonyl (C=O) groups is 2. The van der Waals surface area contributed by atoms with Crippen molar-refractivity contribution in [2.45, 2.75) is 59.5 Å². The Balaban J connectivity index is 3.07. The molecular weight excluding hydrogens is 288 g/mol. The Morgan fingerprint density at radius 3 is 2.61 bits per heavy atom. The second-order valence-corrected chi connectivity index (χ2v) is 6.95. The number of hydrogen-bond acceptors (Lipinski definition) is 3. The second kappa shape index (κ2) is 9.61. The van der Waals surface area contributed by atoms with Crippen LogP contribution in [-0.4, -0.2) is 23.8 Å². The Labute approximate surface area is 140 Å². The largest absolute Gasteiger partial charge is 0.392 e. The Morgan fingerprint density at radius 1 is 1.35 bits per heavy atom. The Morgan fingerprint density at radius 2 is 2.04 bits per heavy atom. The van der Waals surface area contributed by atoms with Crippen molar-refractivity contribution in [2.24, 2.45) is 17.8 Å². The van der Waals surface area contributed by atoms with E-state index >= 15 is 0 Å². The Hall–Kier alpha value is -1.48. The zero-order chi connectivity index (χ0) is 17.4. The van der Waals surface area contributed by atoms with E-state index in [0.717, 1.165) is 31.0 Å². The summed E-state index contributed by atoms with van der Waals surface area (Å²) in [4.78, 5) is 23.1. The molecule has 128 valence electrons. The summed E-state index contributed by atoms with van der Waals surface area (Å²) in [5.74, 6) is -0.593. The maximum absolute atomic E-state index is 11.7. The molecule has 1 aliphatic carbocycles. The molecule has 0 amide bonds. The van der Waals surface area contributed by atoms with E-state index in [1.54, 1.807) is 0 Å². The van der Waals surface area contributed by atoms with Gasteiger partial charge in [0, 0.05) is 11.8 Å². The van der Waals surface area contributed by atoms with Crippen molar-refractivity contribution in [1.29, 1.82) is 0 Å². The molecule has 23 heavy (non-hydrogen) atoms. The fourth-order valence-corrected chi connectivity index (χ4v) is 3.40. The predicted octanol–water partition coefficient (Wildman–Crippen LogP) is 4.03. The first-order chi connectivity index (χ1) is 10.9. The lowest BCUT2D eigenvalue weighted by Gasteiger charge is -2.33. The van der Waals surface area contributed by atoms with Crippen LogP contribution >= 0.6 is 0 Å². The zero-order valence-electron chi connectivity index (χ0n) is 14.8. The fourth-order valence-electron chi connectivity index (χ4n) is 3.40. The molecule has 0 aromatic carbocycles. The van der Waals surface area contributed by atoms with Gasteiger partial charge in [-0.15, -0.1) is 0 Å². The highest BCUT2D eigenvalue weighted by atomic mass is 16.3. The topological polar surface area (TPSA) is 54.4 Å². The lowest BCUT2D eigenvalue weighted by molar-refractivity contribution is -0.116. The van der Waals surface area contributed by atoms with Gasteiger partial charge in [-0.2, -0.15) is 0 Å². The van der Waals surface area contributed by atoms with E-state index in [2.05, 4.69) is 26.8 Å². The highest BCUT2D eigenvalue weighted by molar-refractivity contribution is 5.81. The van der Waals surface area contributed by atoms with Crippen LogP contribution in [-0.2, 0) is 9.59 Å². The number of aliphatic hydroxyl groups is 1. The summed E-state index contributed by atoms with van der Waals surface area (Å²) in [7, 11) is 0. The highest BCUT2D eigenvalue weighted by Gasteiger charge is 2.35. The lowest BCUT2D eigenvalue weighted by Crippen LogP contribution is -2.35. The molecular formula is C20H30O3. The monoisotopic (exact) mass is 318 g/mol. The first-order valence-electron chi connectivity index (χ1n) is 8.48. The number of hydrogen-bond donors (Lipinski definition) is 1. The number of allylic oxidation sites excluding steroid dienone is 5. The summed E-state index contributed by atoms with van der Waals surface area (Å²) in [6.07, 6.45) is 10.0. The van der Waals surface area contributed by atoms with Crippen LogP contribution in [0.2, 0.25) is 0 Å². The minimum absolute atomic E-state index is 0.157. The average molecular weight is 318 g/mol. The normalized spacial score (nSPS) is 26.7. The van der Waals surface area contributed by atoms with E-state index in [1.165, 1.54) is 5.57 Å². The van der Waals surface area contributed by atoms with Crippen LogP contribution in [0.3, 0.4) is 0 Å². The van der Waals surface area contributed by atoms with Crippen molar-refractivity contribution in [3.05, 3.63) is 34.9 Å². The van der Waals surface area contributed by atoms with E-state index < -0.39 is 12.0 Å². The van der Waals surface area contributed by atoms with Gasteiger partial charge in [-0.3, -0.25) is 4.79 Å². The van der Waals surface area contributed by atoms with Crippen LogP contribution in [0.15, 0.2) is 34.9 Å². The number of aldehydes is 2. The van der Waals surface area contributed by atoms with Crippen molar-refractivity contribution < 1.29 is 14.7 Å². The molecule has 0 saturated heterocycles. The summed E-state index contributed by atoms with van der Waals surface area (Å²) in [5.41, 5.74) is 2.88. The smallest absolute Gasteiger partial charge is 0.146 e. The molecule has 3 nitrogen and oxygen atoms in total. The molecule has 0 fully saturated rings. The number of aliphatic hydroxyl groups excluding tert-OH is 1. The van der Waals surface area contributed by atoms with Crippen LogP contribution in [0.4, 0.5) is 0 Å². The molecule has 0 aromatic heterocycles. The lowest BCUT2D eigenvalue weighted by atomic mass is 9.73. The minimum atomic E-state index is -0.607. The van der Waals surface area contributed by atoms with Crippen molar-refractivity contribution in [1.82, 2.24) is 0 Å². The molecule has 4 unspecified atom stereocenters. The van der Waals surface area contributed by atoms with Crippen LogP contribution < -0.4 is 0 Å². The molecule has 0 saturated carbocycles. The van der Waals surface area contributed by atoms with E-state index in [0.29, 0.717) is 18.4 Å². The Bertz CT molecular complexity index is 495. The number of carbonyl (C=O) groups excluding carboxylic acids is 2. The van der Waals surface area contributed by atoms with Gasteiger partial charge in [0.1, 0.15) is 12.6 Å². The van der Waals surface area contributed by atoms with E-state index in [-0.39, 0.29) is 11.8 Å². The van der Waals surface area contributed by atoms with Crippen LogP contribution in [0, 0.1) is 17.8 Å². The maximum Gasteiger partial charge on any atom is 0.146 e. The van der Waals surface area contributed by atoms with E-state index in [1.807, 2.05) is 19.1 Å². The van der Waals surface area contributed by atoms with Gasteiger partial charge in [-0.25, -0.2) is 0 Å². The van der Waals surface area contributed by atoms with Gasteiger partial charge in [0.25, 0.3) is 0 Å². The molecule has 1 aliphatic rings. The minimum Gasteiger partial charge on any atom is -0.392 e. The van der Waals surface area contributed by atoms with Gasteiger partial charge in [0.2, 0.25) is 0 Å². The third kappa shape index (κ3) is 5.91. The molecule has 4 atom stereocenters. The summed E-state index contributed by atoms with van der Waals surface area (Å²) in [6, 6.07) is 0. The van der Waals surface area contributed by atoms with Crippen LogP contribution in [0.25, 0.3) is 0 Å². The second-order valence-electron chi connectivity index (χ2n) is 6.95. The molecule has 0 heterocycles. The molecule has 0 aliphatic heterocycles. The maximum atomic E-state index is 11.7. The highest BCUT2D eigenvalue weighted by Crippen LogP contribution is 2.34. The molecule has 1 N–H and O–H groups in total. The average Bonchev–Trinajstić information content (AvgIpc) is 2.53. The Kier molecular flexibility index (Phi) is 8.18. The fraction of sp³-hybridized carbons (Fsp3) is 0.600. The summed E-state index contributed by atoms with van der Waals surface area (Å²) in [5, 5.41) is 10.7. The SMILES string of the molecule is CC(C)=CCCC(C)C1C(O)CC(C)=CCC=C(C=O)C1C=O. The molecule has 0 bridgehead atoms. The van der Waals surface area contributed by atoms with Gasteiger partial charge in [-0.05, 0) is 57.9 Å². The third-order valence-corrected chi connectivity index (χ3v) is 4.71. The molecule has 0 spiro atoms.